The summed E-state index contributed by atoms with van der Waals surface area (Å²) in [4.78, 5) is 0. The third-order valence-electron chi connectivity index (χ3n) is 3.41. The van der Waals surface area contributed by atoms with Crippen molar-refractivity contribution in [3.63, 3.8) is 0 Å². The Morgan fingerprint density at radius 1 is 1.33 bits per heavy atom. The van der Waals surface area contributed by atoms with Crippen LogP contribution in [0.2, 0.25) is 0 Å². The van der Waals surface area contributed by atoms with Gasteiger partial charge in [0.05, 0.1) is 0 Å². The van der Waals surface area contributed by atoms with Crippen LogP contribution in [-0.4, -0.2) is 13.1 Å². The lowest BCUT2D eigenvalue weighted by Gasteiger charge is -2.23. The molecule has 1 aromatic carbocycles. The highest BCUT2D eigenvalue weighted by Crippen LogP contribution is 2.19. The van der Waals surface area contributed by atoms with Crippen LogP contribution >= 0.6 is 0 Å². The van der Waals surface area contributed by atoms with Gasteiger partial charge in [0.25, 0.3) is 0 Å². The van der Waals surface area contributed by atoms with Gasteiger partial charge in [0.2, 0.25) is 0 Å². The molecule has 0 amide bonds. The van der Waals surface area contributed by atoms with Crippen LogP contribution in [0.25, 0.3) is 0 Å². The summed E-state index contributed by atoms with van der Waals surface area (Å²) in [5.41, 5.74) is 4.37. The summed E-state index contributed by atoms with van der Waals surface area (Å²) in [5.74, 6) is 0.847. The minimum absolute atomic E-state index is 0.847. The number of rotatable bonds is 2. The fourth-order valence-electron chi connectivity index (χ4n) is 2.48. The molecule has 1 aromatic rings. The molecular formula is C14H21N. The van der Waals surface area contributed by atoms with E-state index >= 15 is 0 Å². The molecule has 0 spiro atoms. The first-order valence-electron chi connectivity index (χ1n) is 6.02. The Hall–Kier alpha value is -0.820. The van der Waals surface area contributed by atoms with Gasteiger partial charge in [-0.1, -0.05) is 23.8 Å². The molecule has 1 aliphatic rings. The molecule has 1 saturated heterocycles. The van der Waals surface area contributed by atoms with Gasteiger partial charge in [0.15, 0.2) is 0 Å². The number of benzene rings is 1. The van der Waals surface area contributed by atoms with E-state index in [9.17, 15) is 0 Å². The second kappa shape index (κ2) is 4.80. The largest absolute Gasteiger partial charge is 0.316 e. The van der Waals surface area contributed by atoms with E-state index in [1.54, 1.807) is 0 Å². The molecule has 0 bridgehead atoms. The zero-order valence-electron chi connectivity index (χ0n) is 9.84. The fourth-order valence-corrected chi connectivity index (χ4v) is 2.48. The Morgan fingerprint density at radius 2 is 2.20 bits per heavy atom. The summed E-state index contributed by atoms with van der Waals surface area (Å²) in [7, 11) is 0. The zero-order chi connectivity index (χ0) is 10.7. The van der Waals surface area contributed by atoms with E-state index in [0.717, 1.165) is 5.92 Å². The number of nitrogens with one attached hydrogen (secondary N) is 1. The van der Waals surface area contributed by atoms with Crippen LogP contribution in [0.15, 0.2) is 18.2 Å². The molecule has 15 heavy (non-hydrogen) atoms. The lowest BCUT2D eigenvalue weighted by Crippen LogP contribution is -2.30. The van der Waals surface area contributed by atoms with Gasteiger partial charge in [-0.05, 0) is 63.2 Å². The Bertz CT molecular complexity index is 324. The molecule has 2 rings (SSSR count). The van der Waals surface area contributed by atoms with E-state index < -0.39 is 0 Å². The van der Waals surface area contributed by atoms with Crippen molar-refractivity contribution in [2.45, 2.75) is 33.1 Å². The van der Waals surface area contributed by atoms with Crippen molar-refractivity contribution in [1.29, 1.82) is 0 Å². The van der Waals surface area contributed by atoms with Crippen molar-refractivity contribution in [3.8, 4) is 0 Å². The Morgan fingerprint density at radius 3 is 2.87 bits per heavy atom. The summed E-state index contributed by atoms with van der Waals surface area (Å²) >= 11 is 0. The Kier molecular flexibility index (Phi) is 3.42. The maximum absolute atomic E-state index is 3.49. The molecular weight excluding hydrogens is 182 g/mol. The van der Waals surface area contributed by atoms with Crippen LogP contribution in [0, 0.1) is 19.8 Å². The molecule has 82 valence electrons. The third-order valence-corrected chi connectivity index (χ3v) is 3.41. The highest BCUT2D eigenvalue weighted by molar-refractivity contribution is 5.30. The molecule has 1 atom stereocenters. The minimum atomic E-state index is 0.847. The highest BCUT2D eigenvalue weighted by atomic mass is 14.9. The van der Waals surface area contributed by atoms with Gasteiger partial charge in [-0.2, -0.15) is 0 Å². The lowest BCUT2D eigenvalue weighted by atomic mass is 9.90. The van der Waals surface area contributed by atoms with E-state index in [1.807, 2.05) is 0 Å². The van der Waals surface area contributed by atoms with Crippen molar-refractivity contribution in [3.05, 3.63) is 34.9 Å². The van der Waals surface area contributed by atoms with Crippen LogP contribution in [-0.2, 0) is 6.42 Å². The second-order valence-electron chi connectivity index (χ2n) is 4.85. The monoisotopic (exact) mass is 203 g/mol. The van der Waals surface area contributed by atoms with E-state index in [-0.39, 0.29) is 0 Å². The van der Waals surface area contributed by atoms with Crippen LogP contribution in [0.4, 0.5) is 0 Å². The van der Waals surface area contributed by atoms with Crippen molar-refractivity contribution in [2.75, 3.05) is 13.1 Å². The number of hydrogen-bond donors (Lipinski definition) is 1. The molecule has 1 nitrogen and oxygen atoms in total. The van der Waals surface area contributed by atoms with Crippen molar-refractivity contribution < 1.29 is 0 Å². The zero-order valence-corrected chi connectivity index (χ0v) is 9.84. The van der Waals surface area contributed by atoms with Gasteiger partial charge >= 0.3 is 0 Å². The molecule has 1 fully saturated rings. The smallest absolute Gasteiger partial charge is 0.00173 e. The summed E-state index contributed by atoms with van der Waals surface area (Å²) in [6.45, 7) is 6.81. The van der Waals surface area contributed by atoms with Crippen LogP contribution in [0.3, 0.4) is 0 Å². The molecule has 0 aliphatic carbocycles. The van der Waals surface area contributed by atoms with Gasteiger partial charge in [-0.25, -0.2) is 0 Å². The minimum Gasteiger partial charge on any atom is -0.316 e. The van der Waals surface area contributed by atoms with Crippen molar-refractivity contribution >= 4 is 0 Å². The molecule has 0 radical (unpaired) electrons. The molecule has 1 unspecified atom stereocenters. The second-order valence-corrected chi connectivity index (χ2v) is 4.85. The first-order valence-corrected chi connectivity index (χ1v) is 6.02. The average molecular weight is 203 g/mol. The summed E-state index contributed by atoms with van der Waals surface area (Å²) < 4.78 is 0. The van der Waals surface area contributed by atoms with Gasteiger partial charge in [-0.3, -0.25) is 0 Å². The number of hydrogen-bond acceptors (Lipinski definition) is 1. The van der Waals surface area contributed by atoms with Gasteiger partial charge < -0.3 is 5.32 Å². The average Bonchev–Trinajstić information content (AvgIpc) is 2.24. The predicted molar refractivity (Wildman–Crippen MR) is 65.2 cm³/mol. The highest BCUT2D eigenvalue weighted by Gasteiger charge is 2.14. The predicted octanol–water partition coefficient (Wildman–Crippen LogP) is 2.85. The normalized spacial score (nSPS) is 21.6. The SMILES string of the molecule is Cc1ccc(CC2CCCNC2)c(C)c1. The first kappa shape index (κ1) is 10.7. The molecule has 0 saturated carbocycles. The van der Waals surface area contributed by atoms with Crippen LogP contribution in [0.1, 0.15) is 29.5 Å². The van der Waals surface area contributed by atoms with E-state index in [0.29, 0.717) is 0 Å². The van der Waals surface area contributed by atoms with Gasteiger partial charge in [-0.15, -0.1) is 0 Å². The van der Waals surface area contributed by atoms with E-state index in [4.69, 9.17) is 0 Å². The summed E-state index contributed by atoms with van der Waals surface area (Å²) in [6.07, 6.45) is 3.98. The molecule has 0 aromatic heterocycles. The maximum Gasteiger partial charge on any atom is -0.00173 e. The standard InChI is InChI=1S/C14H21N/c1-11-5-6-14(12(2)8-11)9-13-4-3-7-15-10-13/h5-6,8,13,15H,3-4,7,9-10H2,1-2H3. The summed E-state index contributed by atoms with van der Waals surface area (Å²) in [6, 6.07) is 6.84. The number of piperidine rings is 1. The quantitative estimate of drug-likeness (QED) is 0.779. The van der Waals surface area contributed by atoms with Gasteiger partial charge in [0.1, 0.15) is 0 Å². The van der Waals surface area contributed by atoms with E-state index in [1.165, 1.54) is 49.0 Å². The van der Waals surface area contributed by atoms with Crippen molar-refractivity contribution in [1.82, 2.24) is 5.32 Å². The molecule has 1 N–H and O–H groups in total. The molecule has 1 heterocycles. The summed E-state index contributed by atoms with van der Waals surface area (Å²) in [5, 5.41) is 3.49. The Labute approximate surface area is 92.9 Å². The van der Waals surface area contributed by atoms with Crippen LogP contribution < -0.4 is 5.32 Å². The maximum atomic E-state index is 3.49. The lowest BCUT2D eigenvalue weighted by molar-refractivity contribution is 0.375. The van der Waals surface area contributed by atoms with Crippen molar-refractivity contribution in [2.24, 2.45) is 5.92 Å². The van der Waals surface area contributed by atoms with E-state index in [2.05, 4.69) is 37.4 Å². The molecule has 1 heteroatoms. The fraction of sp³-hybridized carbons (Fsp3) is 0.571. The molecule has 1 aliphatic heterocycles. The Balaban J connectivity index is 2.03. The topological polar surface area (TPSA) is 12.0 Å². The van der Waals surface area contributed by atoms with Crippen LogP contribution in [0.5, 0.6) is 0 Å². The first-order chi connectivity index (χ1) is 7.25. The third kappa shape index (κ3) is 2.82. The van der Waals surface area contributed by atoms with Gasteiger partial charge in [0, 0.05) is 0 Å². The number of aryl methyl sites for hydroxylation is 2.